The molecule has 262 valence electrons. The molecule has 0 bridgehead atoms. The number of hydrogen-bond donors (Lipinski definition) is 0. The fraction of sp³-hybridized carbons (Fsp3) is 0. The Hall–Kier alpha value is -7.42. The molecular weight excluding hydrogens is 679 g/mol. The van der Waals surface area contributed by atoms with Gasteiger partial charge in [0.05, 0.1) is 5.69 Å². The van der Waals surface area contributed by atoms with Crippen LogP contribution >= 0.6 is 0 Å². The highest BCUT2D eigenvalue weighted by Gasteiger charge is 2.22. The van der Waals surface area contributed by atoms with E-state index in [1.807, 2.05) is 6.07 Å². The maximum Gasteiger partial charge on any atom is 0.135 e. The van der Waals surface area contributed by atoms with E-state index in [0.29, 0.717) is 0 Å². The second kappa shape index (κ2) is 13.2. The number of fused-ring (bicyclic) bond motifs is 4. The van der Waals surface area contributed by atoms with E-state index in [4.69, 9.17) is 4.74 Å². The average molecular weight is 714 g/mol. The zero-order valence-electron chi connectivity index (χ0n) is 30.6. The number of nitrogens with zero attached hydrogens (tertiary/aromatic N) is 1. The van der Waals surface area contributed by atoms with Gasteiger partial charge in [0.15, 0.2) is 0 Å². The van der Waals surface area contributed by atoms with Gasteiger partial charge in [-0.1, -0.05) is 158 Å². The molecule has 0 spiro atoms. The van der Waals surface area contributed by atoms with Gasteiger partial charge in [-0.2, -0.15) is 0 Å². The number of rotatable bonds is 6. The van der Waals surface area contributed by atoms with Crippen molar-refractivity contribution >= 4 is 49.4 Å². The van der Waals surface area contributed by atoms with Crippen molar-refractivity contribution in [2.24, 2.45) is 0 Å². The number of benzene rings is 10. The van der Waals surface area contributed by atoms with E-state index in [1.54, 1.807) is 0 Å². The monoisotopic (exact) mass is 713 g/mol. The molecule has 0 unspecified atom stereocenters. The molecule has 1 aliphatic rings. The number of para-hydroxylation sites is 1. The van der Waals surface area contributed by atoms with Gasteiger partial charge < -0.3 is 9.64 Å². The summed E-state index contributed by atoms with van der Waals surface area (Å²) in [7, 11) is 0. The van der Waals surface area contributed by atoms with Crippen LogP contribution in [0, 0.1) is 0 Å². The molecule has 0 atom stereocenters. The minimum atomic E-state index is 0.893. The van der Waals surface area contributed by atoms with Gasteiger partial charge in [0.1, 0.15) is 11.5 Å². The normalized spacial score (nSPS) is 11.7. The van der Waals surface area contributed by atoms with E-state index < -0.39 is 0 Å². The van der Waals surface area contributed by atoms with Crippen molar-refractivity contribution in [3.8, 4) is 56.0 Å². The summed E-state index contributed by atoms with van der Waals surface area (Å²) in [5, 5.41) is 7.27. The molecule has 2 heteroatoms. The summed E-state index contributed by atoms with van der Waals surface area (Å²) < 4.78 is 6.35. The van der Waals surface area contributed by atoms with Crippen molar-refractivity contribution < 1.29 is 4.74 Å². The Morgan fingerprint density at radius 2 is 0.893 bits per heavy atom. The Kier molecular flexibility index (Phi) is 7.53. The molecule has 0 saturated heterocycles. The Balaban J connectivity index is 1.00. The molecule has 0 aromatic heterocycles. The van der Waals surface area contributed by atoms with Crippen LogP contribution in [0.15, 0.2) is 212 Å². The van der Waals surface area contributed by atoms with Crippen LogP contribution in [0.25, 0.3) is 76.8 Å². The number of anilines is 3. The van der Waals surface area contributed by atoms with Gasteiger partial charge >= 0.3 is 0 Å². The molecule has 2 nitrogen and oxygen atoms in total. The smallest absolute Gasteiger partial charge is 0.135 e. The molecular formula is C54H35NO. The fourth-order valence-electron chi connectivity index (χ4n) is 8.53. The first-order chi connectivity index (χ1) is 27.7. The van der Waals surface area contributed by atoms with Gasteiger partial charge in [-0.25, -0.2) is 0 Å². The van der Waals surface area contributed by atoms with Crippen molar-refractivity contribution in [2.45, 2.75) is 0 Å². The molecule has 0 saturated carbocycles. The highest BCUT2D eigenvalue weighted by molar-refractivity contribution is 6.07. The Morgan fingerprint density at radius 3 is 1.73 bits per heavy atom. The molecule has 0 fully saturated rings. The van der Waals surface area contributed by atoms with Crippen LogP contribution in [0.2, 0.25) is 0 Å². The molecule has 1 aliphatic heterocycles. The van der Waals surface area contributed by atoms with Crippen molar-refractivity contribution in [1.29, 1.82) is 0 Å². The zero-order valence-corrected chi connectivity index (χ0v) is 30.6. The molecule has 1 heterocycles. The molecule has 11 rings (SSSR count). The van der Waals surface area contributed by atoms with Crippen molar-refractivity contribution in [3.05, 3.63) is 212 Å². The van der Waals surface area contributed by atoms with E-state index >= 15 is 0 Å². The summed E-state index contributed by atoms with van der Waals surface area (Å²) in [5.74, 6) is 1.80. The number of hydrogen-bond acceptors (Lipinski definition) is 2. The lowest BCUT2D eigenvalue weighted by Crippen LogP contribution is -2.10. The van der Waals surface area contributed by atoms with Gasteiger partial charge in [0, 0.05) is 27.7 Å². The summed E-state index contributed by atoms with van der Waals surface area (Å²) in [5.41, 5.74) is 12.8. The third kappa shape index (κ3) is 5.42. The summed E-state index contributed by atoms with van der Waals surface area (Å²) in [6.45, 7) is 0. The van der Waals surface area contributed by atoms with E-state index in [2.05, 4.69) is 211 Å². The maximum absolute atomic E-state index is 6.35. The van der Waals surface area contributed by atoms with Crippen molar-refractivity contribution in [1.82, 2.24) is 0 Å². The quantitative estimate of drug-likeness (QED) is 0.170. The highest BCUT2D eigenvalue weighted by Crippen LogP contribution is 2.48. The third-order valence-electron chi connectivity index (χ3n) is 11.2. The third-order valence-corrected chi connectivity index (χ3v) is 11.2. The SMILES string of the molecule is c1cc(-c2cc3c4c(cccc4c2)Oc2ccccc2-3)cc(N(c2ccc(-c3ccc(-c4cccc5ccccc45)cc3)cc2)c2cccc3ccccc23)c1. The topological polar surface area (TPSA) is 12.5 Å². The van der Waals surface area contributed by atoms with Crippen LogP contribution in [0.4, 0.5) is 17.1 Å². The molecule has 10 aromatic rings. The van der Waals surface area contributed by atoms with Crippen LogP contribution in [-0.4, -0.2) is 0 Å². The average Bonchev–Trinajstić information content (AvgIpc) is 3.27. The van der Waals surface area contributed by atoms with Crippen LogP contribution in [0.5, 0.6) is 11.5 Å². The van der Waals surface area contributed by atoms with Gasteiger partial charge in [0.2, 0.25) is 0 Å². The molecule has 10 aromatic carbocycles. The fourth-order valence-corrected chi connectivity index (χ4v) is 8.53. The van der Waals surface area contributed by atoms with Crippen molar-refractivity contribution in [3.63, 3.8) is 0 Å². The highest BCUT2D eigenvalue weighted by atomic mass is 16.5. The van der Waals surface area contributed by atoms with Gasteiger partial charge in [-0.05, 0) is 115 Å². The summed E-state index contributed by atoms with van der Waals surface area (Å²) >= 11 is 0. The molecule has 0 radical (unpaired) electrons. The maximum atomic E-state index is 6.35. The first kappa shape index (κ1) is 32.0. The van der Waals surface area contributed by atoms with E-state index in [-0.39, 0.29) is 0 Å². The standard InChI is InChI=1S/C54H35NO/c1-3-18-46-38(11-1)13-8-21-47(46)40-27-25-36(26-28-40)37-29-31-44(32-30-37)55(51-22-9-14-39-12-2-4-19-48(39)51)45-17-7-15-41(34-45)43-33-42-16-10-24-53-54(42)50(35-43)49-20-5-6-23-52(49)56-53/h1-35H. The lowest BCUT2D eigenvalue weighted by atomic mass is 9.90. The molecule has 0 amide bonds. The summed E-state index contributed by atoms with van der Waals surface area (Å²) in [6, 6.07) is 76.5. The first-order valence-electron chi connectivity index (χ1n) is 19.2. The lowest BCUT2D eigenvalue weighted by Gasteiger charge is -2.28. The van der Waals surface area contributed by atoms with Gasteiger partial charge in [0.25, 0.3) is 0 Å². The van der Waals surface area contributed by atoms with Gasteiger partial charge in [-0.15, -0.1) is 0 Å². The molecule has 56 heavy (non-hydrogen) atoms. The van der Waals surface area contributed by atoms with Crippen molar-refractivity contribution in [2.75, 3.05) is 4.90 Å². The van der Waals surface area contributed by atoms with Crippen LogP contribution in [-0.2, 0) is 0 Å². The van der Waals surface area contributed by atoms with Crippen LogP contribution < -0.4 is 9.64 Å². The molecule has 0 N–H and O–H groups in total. The lowest BCUT2D eigenvalue weighted by molar-refractivity contribution is 0.487. The minimum Gasteiger partial charge on any atom is -0.456 e. The van der Waals surface area contributed by atoms with Crippen LogP contribution in [0.3, 0.4) is 0 Å². The Bertz CT molecular complexity index is 3100. The Labute approximate surface area is 326 Å². The van der Waals surface area contributed by atoms with Gasteiger partial charge in [-0.3, -0.25) is 0 Å². The van der Waals surface area contributed by atoms with Crippen LogP contribution in [0.1, 0.15) is 0 Å². The summed E-state index contributed by atoms with van der Waals surface area (Å²) in [6.07, 6.45) is 0. The predicted octanol–water partition coefficient (Wildman–Crippen LogP) is 15.4. The number of ether oxygens (including phenoxy) is 1. The largest absolute Gasteiger partial charge is 0.456 e. The zero-order chi connectivity index (χ0) is 37.0. The summed E-state index contributed by atoms with van der Waals surface area (Å²) in [4.78, 5) is 2.39. The minimum absolute atomic E-state index is 0.893. The molecule has 0 aliphatic carbocycles. The van der Waals surface area contributed by atoms with E-state index in [1.165, 1.54) is 60.3 Å². The van der Waals surface area contributed by atoms with E-state index in [0.717, 1.165) is 45.1 Å². The second-order valence-corrected chi connectivity index (χ2v) is 14.5. The Morgan fingerprint density at radius 1 is 0.304 bits per heavy atom. The predicted molar refractivity (Wildman–Crippen MR) is 235 cm³/mol. The van der Waals surface area contributed by atoms with E-state index in [9.17, 15) is 0 Å². The first-order valence-corrected chi connectivity index (χ1v) is 19.2. The second-order valence-electron chi connectivity index (χ2n) is 14.5.